The maximum absolute atomic E-state index is 11.2. The molecule has 1 aliphatic rings. The maximum atomic E-state index is 11.2. The quantitative estimate of drug-likeness (QED) is 0.836. The Hall–Kier alpha value is -2.08. The Bertz CT molecular complexity index is 616. The van der Waals surface area contributed by atoms with Gasteiger partial charge in [-0.1, -0.05) is 6.07 Å². The summed E-state index contributed by atoms with van der Waals surface area (Å²) < 4.78 is 7.08. The van der Waals surface area contributed by atoms with Crippen molar-refractivity contribution in [3.8, 4) is 5.88 Å². The second-order valence-corrected chi connectivity index (χ2v) is 4.27. The molecule has 2 aromatic heterocycles. The van der Waals surface area contributed by atoms with E-state index < -0.39 is 5.97 Å². The number of rotatable bonds is 3. The molecule has 1 saturated heterocycles. The average molecular weight is 247 g/mol. The molecule has 2 N–H and O–H groups in total. The van der Waals surface area contributed by atoms with E-state index in [0.29, 0.717) is 11.4 Å². The number of imidazole rings is 1. The molecule has 1 aliphatic heterocycles. The smallest absolute Gasteiger partial charge is 0.356 e. The van der Waals surface area contributed by atoms with E-state index >= 15 is 0 Å². The zero-order chi connectivity index (χ0) is 12.7. The summed E-state index contributed by atoms with van der Waals surface area (Å²) in [6.07, 6.45) is 0. The Kier molecular flexibility index (Phi) is 2.45. The molecule has 6 nitrogen and oxygen atoms in total. The summed E-state index contributed by atoms with van der Waals surface area (Å²) in [6, 6.07) is 5.32. The van der Waals surface area contributed by atoms with Crippen molar-refractivity contribution in [3.63, 3.8) is 0 Å². The van der Waals surface area contributed by atoms with E-state index in [2.05, 4.69) is 10.3 Å². The second kappa shape index (κ2) is 3.99. The number of hydrogen-bond acceptors (Lipinski definition) is 4. The summed E-state index contributed by atoms with van der Waals surface area (Å²) in [5.41, 5.74) is 0.652. The van der Waals surface area contributed by atoms with Crippen LogP contribution < -0.4 is 10.1 Å². The van der Waals surface area contributed by atoms with Crippen LogP contribution >= 0.6 is 0 Å². The number of hydrogen-bond donors (Lipinski definition) is 2. The predicted octanol–water partition coefficient (Wildman–Crippen LogP) is 0.728. The van der Waals surface area contributed by atoms with Crippen LogP contribution in [0.15, 0.2) is 18.2 Å². The molecular formula is C12H13N3O3. The molecule has 3 heterocycles. The van der Waals surface area contributed by atoms with Crippen LogP contribution in [0.1, 0.15) is 22.2 Å². The molecule has 0 amide bonds. The number of aromatic carboxylic acids is 1. The van der Waals surface area contributed by atoms with Gasteiger partial charge in [0.25, 0.3) is 0 Å². The number of methoxy groups -OCH3 is 1. The Labute approximate surface area is 103 Å². The minimum atomic E-state index is -1.01. The fourth-order valence-corrected chi connectivity index (χ4v) is 2.19. The molecule has 2 aromatic rings. The van der Waals surface area contributed by atoms with E-state index in [9.17, 15) is 9.90 Å². The van der Waals surface area contributed by atoms with Gasteiger partial charge in [-0.05, 0) is 12.1 Å². The lowest BCUT2D eigenvalue weighted by Crippen LogP contribution is -2.41. The third kappa shape index (κ3) is 1.46. The van der Waals surface area contributed by atoms with Crippen LogP contribution in [0.3, 0.4) is 0 Å². The van der Waals surface area contributed by atoms with Crippen molar-refractivity contribution in [1.29, 1.82) is 0 Å². The highest BCUT2D eigenvalue weighted by molar-refractivity contribution is 5.94. The third-order valence-corrected chi connectivity index (χ3v) is 3.21. The second-order valence-electron chi connectivity index (χ2n) is 4.27. The normalized spacial score (nSPS) is 15.6. The number of ether oxygens (including phenoxy) is 1. The fraction of sp³-hybridized carbons (Fsp3) is 0.333. The van der Waals surface area contributed by atoms with Crippen LogP contribution in [0.4, 0.5) is 0 Å². The van der Waals surface area contributed by atoms with Crippen molar-refractivity contribution in [1.82, 2.24) is 14.7 Å². The van der Waals surface area contributed by atoms with E-state index in [-0.39, 0.29) is 11.6 Å². The van der Waals surface area contributed by atoms with Gasteiger partial charge in [-0.25, -0.2) is 9.78 Å². The minimum Gasteiger partial charge on any atom is -0.482 e. The molecule has 6 heteroatoms. The molecule has 94 valence electrons. The lowest BCUT2D eigenvalue weighted by molar-refractivity contribution is 0.0693. The Balaban J connectivity index is 2.29. The monoisotopic (exact) mass is 247 g/mol. The van der Waals surface area contributed by atoms with Crippen molar-refractivity contribution >= 4 is 11.5 Å². The lowest BCUT2D eigenvalue weighted by atomic mass is 10.0. The van der Waals surface area contributed by atoms with Crippen molar-refractivity contribution in [3.05, 3.63) is 29.7 Å². The minimum absolute atomic E-state index is 0.0794. The first-order valence-electron chi connectivity index (χ1n) is 5.71. The molecule has 0 spiro atoms. The van der Waals surface area contributed by atoms with Crippen LogP contribution in [-0.2, 0) is 0 Å². The van der Waals surface area contributed by atoms with Crippen LogP contribution in [0.5, 0.6) is 5.88 Å². The maximum Gasteiger partial charge on any atom is 0.356 e. The van der Waals surface area contributed by atoms with Gasteiger partial charge in [0.05, 0.1) is 12.6 Å². The van der Waals surface area contributed by atoms with Crippen LogP contribution in [0.25, 0.3) is 5.52 Å². The number of aromatic nitrogens is 2. The first-order valence-corrected chi connectivity index (χ1v) is 5.71. The largest absolute Gasteiger partial charge is 0.482 e. The topological polar surface area (TPSA) is 75.9 Å². The van der Waals surface area contributed by atoms with Crippen molar-refractivity contribution < 1.29 is 14.6 Å². The molecule has 0 radical (unpaired) electrons. The molecule has 0 aromatic carbocycles. The summed E-state index contributed by atoms with van der Waals surface area (Å²) >= 11 is 0. The Morgan fingerprint density at radius 3 is 2.89 bits per heavy atom. The summed E-state index contributed by atoms with van der Waals surface area (Å²) in [4.78, 5) is 15.5. The van der Waals surface area contributed by atoms with E-state index in [4.69, 9.17) is 4.74 Å². The summed E-state index contributed by atoms with van der Waals surface area (Å²) in [7, 11) is 1.57. The molecule has 0 atom stereocenters. The molecule has 3 rings (SSSR count). The van der Waals surface area contributed by atoms with Crippen LogP contribution in [0, 0.1) is 0 Å². The van der Waals surface area contributed by atoms with E-state index in [1.165, 1.54) is 0 Å². The van der Waals surface area contributed by atoms with E-state index in [1.807, 2.05) is 0 Å². The number of carboxylic acids is 1. The highest BCUT2D eigenvalue weighted by atomic mass is 16.5. The molecule has 0 unspecified atom stereocenters. The summed E-state index contributed by atoms with van der Waals surface area (Å²) in [6.45, 7) is 1.63. The van der Waals surface area contributed by atoms with Gasteiger partial charge in [-0.2, -0.15) is 0 Å². The highest BCUT2D eigenvalue weighted by Crippen LogP contribution is 2.27. The highest BCUT2D eigenvalue weighted by Gasteiger charge is 2.28. The Morgan fingerprint density at radius 1 is 1.56 bits per heavy atom. The standard InChI is InChI=1S/C12H13N3O3/c1-18-9-4-2-3-8-10(12(16)17)14-11(15(8)9)7-5-13-6-7/h2-4,7,13H,5-6H2,1H3,(H,16,17). The van der Waals surface area contributed by atoms with Gasteiger partial charge < -0.3 is 15.2 Å². The Morgan fingerprint density at radius 2 is 2.33 bits per heavy atom. The first-order chi connectivity index (χ1) is 8.72. The van der Waals surface area contributed by atoms with Gasteiger partial charge in [0.15, 0.2) is 11.6 Å². The number of nitrogens with zero attached hydrogens (tertiary/aromatic N) is 2. The van der Waals surface area contributed by atoms with Crippen molar-refractivity contribution in [2.75, 3.05) is 20.2 Å². The van der Waals surface area contributed by atoms with E-state index in [0.717, 1.165) is 18.9 Å². The molecule has 0 saturated carbocycles. The number of carboxylic acid groups (broad SMARTS) is 1. The van der Waals surface area contributed by atoms with Crippen LogP contribution in [-0.4, -0.2) is 40.7 Å². The molecule has 0 bridgehead atoms. The van der Waals surface area contributed by atoms with Crippen LogP contribution in [0.2, 0.25) is 0 Å². The third-order valence-electron chi connectivity index (χ3n) is 3.21. The molecular weight excluding hydrogens is 234 g/mol. The van der Waals surface area contributed by atoms with Crippen molar-refractivity contribution in [2.45, 2.75) is 5.92 Å². The molecule has 0 aliphatic carbocycles. The molecule has 1 fully saturated rings. The summed E-state index contributed by atoms with van der Waals surface area (Å²) in [5.74, 6) is 0.578. The van der Waals surface area contributed by atoms with Gasteiger partial charge >= 0.3 is 5.97 Å². The average Bonchev–Trinajstić information content (AvgIpc) is 2.67. The van der Waals surface area contributed by atoms with Crippen molar-refractivity contribution in [2.24, 2.45) is 0 Å². The van der Waals surface area contributed by atoms with Gasteiger partial charge in [-0.15, -0.1) is 0 Å². The number of nitrogens with one attached hydrogen (secondary N) is 1. The predicted molar refractivity (Wildman–Crippen MR) is 64.3 cm³/mol. The zero-order valence-electron chi connectivity index (χ0n) is 9.88. The zero-order valence-corrected chi connectivity index (χ0v) is 9.88. The number of pyridine rings is 1. The number of carbonyl (C=O) groups is 1. The number of fused-ring (bicyclic) bond motifs is 1. The van der Waals surface area contributed by atoms with Gasteiger partial charge in [0, 0.05) is 19.0 Å². The summed E-state index contributed by atoms with van der Waals surface area (Å²) in [5, 5.41) is 12.4. The van der Waals surface area contributed by atoms with E-state index in [1.54, 1.807) is 29.7 Å². The van der Waals surface area contributed by atoms with Gasteiger partial charge in [0.2, 0.25) is 0 Å². The fourth-order valence-electron chi connectivity index (χ4n) is 2.19. The SMILES string of the molecule is COc1cccc2c(C(=O)O)nc(C3CNC3)n12. The first kappa shape index (κ1) is 11.0. The van der Waals surface area contributed by atoms with Gasteiger partial charge in [0.1, 0.15) is 5.82 Å². The van der Waals surface area contributed by atoms with Gasteiger partial charge in [-0.3, -0.25) is 4.40 Å². The lowest BCUT2D eigenvalue weighted by Gasteiger charge is -2.26. The molecule has 18 heavy (non-hydrogen) atoms.